The number of carbonyl (C=O) groups excluding carboxylic acids is 2. The average molecular weight is 345 g/mol. The number of nitrogens with zero attached hydrogens (tertiary/aromatic N) is 1. The third kappa shape index (κ3) is 4.05. The molecule has 0 aliphatic carbocycles. The summed E-state index contributed by atoms with van der Waals surface area (Å²) >= 11 is 11.0. The van der Waals surface area contributed by atoms with E-state index in [9.17, 15) is 9.59 Å². The van der Waals surface area contributed by atoms with E-state index in [1.54, 1.807) is 24.1 Å². The van der Waals surface area contributed by atoms with Gasteiger partial charge in [0.05, 0.1) is 12.7 Å². The minimum absolute atomic E-state index is 0.00535. The highest BCUT2D eigenvalue weighted by molar-refractivity contribution is 6.53. The molecule has 1 saturated heterocycles. The van der Waals surface area contributed by atoms with Crippen molar-refractivity contribution in [3.63, 3.8) is 0 Å². The average Bonchev–Trinajstić information content (AvgIpc) is 2.54. The van der Waals surface area contributed by atoms with Crippen molar-refractivity contribution in [1.29, 1.82) is 0 Å². The van der Waals surface area contributed by atoms with Crippen LogP contribution in [0.25, 0.3) is 0 Å². The van der Waals surface area contributed by atoms with Crippen molar-refractivity contribution in [1.82, 2.24) is 10.2 Å². The van der Waals surface area contributed by atoms with Gasteiger partial charge in [0, 0.05) is 19.1 Å². The van der Waals surface area contributed by atoms with E-state index in [0.29, 0.717) is 37.2 Å². The van der Waals surface area contributed by atoms with Gasteiger partial charge in [0.1, 0.15) is 5.75 Å². The molecule has 1 aromatic carbocycles. The number of rotatable bonds is 4. The molecule has 1 N–H and O–H groups in total. The number of likely N-dealkylation sites (tertiary alicyclic amines) is 1. The third-order valence-corrected chi connectivity index (χ3v) is 4.06. The van der Waals surface area contributed by atoms with Gasteiger partial charge in [-0.25, -0.2) is 0 Å². The molecular formula is C15H18Cl2N2O3. The third-order valence-electron chi connectivity index (χ3n) is 3.66. The van der Waals surface area contributed by atoms with Crippen LogP contribution in [0.5, 0.6) is 5.75 Å². The highest BCUT2D eigenvalue weighted by atomic mass is 35.5. The predicted molar refractivity (Wildman–Crippen MR) is 85.6 cm³/mol. The molecule has 1 aliphatic heterocycles. The summed E-state index contributed by atoms with van der Waals surface area (Å²) in [5.74, 6) is 0.114. The molecule has 1 heterocycles. The summed E-state index contributed by atoms with van der Waals surface area (Å²) in [5.41, 5.74) is 0.550. The fraction of sp³-hybridized carbons (Fsp3) is 0.467. The van der Waals surface area contributed by atoms with Crippen molar-refractivity contribution in [3.05, 3.63) is 29.8 Å². The number of benzene rings is 1. The Bertz CT molecular complexity index is 543. The van der Waals surface area contributed by atoms with Gasteiger partial charge in [0.15, 0.2) is 4.84 Å². The summed E-state index contributed by atoms with van der Waals surface area (Å²) < 4.78 is 5.22. The predicted octanol–water partition coefficient (Wildman–Crippen LogP) is 2.22. The summed E-state index contributed by atoms with van der Waals surface area (Å²) in [5, 5.41) is 2.77. The molecule has 1 aliphatic rings. The summed E-state index contributed by atoms with van der Waals surface area (Å²) in [6, 6.07) is 7.15. The lowest BCUT2D eigenvalue weighted by atomic mass is 10.0. The van der Waals surface area contributed by atoms with Crippen LogP contribution in [0, 0.1) is 0 Å². The second-order valence-corrected chi connectivity index (χ2v) is 6.17. The van der Waals surface area contributed by atoms with Gasteiger partial charge in [-0.3, -0.25) is 9.59 Å². The quantitative estimate of drug-likeness (QED) is 0.852. The van der Waals surface area contributed by atoms with Crippen molar-refractivity contribution in [2.24, 2.45) is 0 Å². The molecule has 0 bridgehead atoms. The summed E-state index contributed by atoms with van der Waals surface area (Å²) in [6.07, 6.45) is 1.35. The first-order chi connectivity index (χ1) is 10.5. The first-order valence-corrected chi connectivity index (χ1v) is 7.91. The van der Waals surface area contributed by atoms with E-state index in [2.05, 4.69) is 5.32 Å². The molecule has 2 amide bonds. The fourth-order valence-corrected chi connectivity index (χ4v) is 2.61. The molecule has 0 radical (unpaired) electrons. The molecule has 0 saturated carbocycles. The molecule has 22 heavy (non-hydrogen) atoms. The normalized spacial score (nSPS) is 15.7. The summed E-state index contributed by atoms with van der Waals surface area (Å²) in [7, 11) is 1.54. The van der Waals surface area contributed by atoms with Gasteiger partial charge in [-0.05, 0) is 25.0 Å². The number of carbonyl (C=O) groups is 2. The van der Waals surface area contributed by atoms with Gasteiger partial charge >= 0.3 is 0 Å². The number of ether oxygens (including phenoxy) is 1. The van der Waals surface area contributed by atoms with Crippen molar-refractivity contribution in [2.45, 2.75) is 23.7 Å². The van der Waals surface area contributed by atoms with Crippen LogP contribution in [-0.2, 0) is 4.79 Å². The second kappa shape index (κ2) is 7.70. The molecule has 120 valence electrons. The highest BCUT2D eigenvalue weighted by Crippen LogP contribution is 2.21. The maximum atomic E-state index is 12.5. The van der Waals surface area contributed by atoms with Crippen LogP contribution in [0.3, 0.4) is 0 Å². The SMILES string of the molecule is COc1ccccc1C(=O)N1CCC(NC(=O)C(Cl)Cl)CC1. The Balaban J connectivity index is 1.94. The molecule has 0 unspecified atom stereocenters. The van der Waals surface area contributed by atoms with Gasteiger partial charge < -0.3 is 15.0 Å². The number of amides is 2. The van der Waals surface area contributed by atoms with Crippen molar-refractivity contribution in [2.75, 3.05) is 20.2 Å². The van der Waals surface area contributed by atoms with E-state index < -0.39 is 10.7 Å². The van der Waals surface area contributed by atoms with Gasteiger partial charge in [0.2, 0.25) is 0 Å². The zero-order valence-corrected chi connectivity index (χ0v) is 13.7. The van der Waals surface area contributed by atoms with E-state index in [4.69, 9.17) is 27.9 Å². The van der Waals surface area contributed by atoms with Crippen LogP contribution in [0.1, 0.15) is 23.2 Å². The minimum Gasteiger partial charge on any atom is -0.496 e. The van der Waals surface area contributed by atoms with E-state index in [-0.39, 0.29) is 11.9 Å². The Morgan fingerprint density at radius 2 is 1.91 bits per heavy atom. The Labute approximate surface area is 139 Å². The maximum Gasteiger partial charge on any atom is 0.257 e. The van der Waals surface area contributed by atoms with E-state index >= 15 is 0 Å². The number of hydrogen-bond donors (Lipinski definition) is 1. The topological polar surface area (TPSA) is 58.6 Å². The lowest BCUT2D eigenvalue weighted by Gasteiger charge is -2.32. The molecule has 2 rings (SSSR count). The molecule has 1 fully saturated rings. The lowest BCUT2D eigenvalue weighted by molar-refractivity contribution is -0.120. The van der Waals surface area contributed by atoms with Crippen LogP contribution in [-0.4, -0.2) is 47.8 Å². The zero-order chi connectivity index (χ0) is 16.1. The maximum absolute atomic E-state index is 12.5. The molecule has 7 heteroatoms. The molecule has 0 aromatic heterocycles. The van der Waals surface area contributed by atoms with Crippen molar-refractivity contribution in [3.8, 4) is 5.75 Å². The van der Waals surface area contributed by atoms with E-state index in [1.165, 1.54) is 0 Å². The number of halogens is 2. The van der Waals surface area contributed by atoms with Crippen LogP contribution in [0.15, 0.2) is 24.3 Å². The number of alkyl halides is 2. The largest absolute Gasteiger partial charge is 0.496 e. The van der Waals surface area contributed by atoms with Crippen LogP contribution >= 0.6 is 23.2 Å². The Morgan fingerprint density at radius 3 is 2.50 bits per heavy atom. The number of piperidine rings is 1. The van der Waals surface area contributed by atoms with Crippen LogP contribution in [0.2, 0.25) is 0 Å². The molecule has 1 aromatic rings. The minimum atomic E-state index is -1.06. The number of nitrogens with one attached hydrogen (secondary N) is 1. The van der Waals surface area contributed by atoms with E-state index in [0.717, 1.165) is 0 Å². The fourth-order valence-electron chi connectivity index (χ4n) is 2.48. The zero-order valence-electron chi connectivity index (χ0n) is 12.2. The molecule has 0 spiro atoms. The first kappa shape index (κ1) is 16.9. The van der Waals surface area contributed by atoms with Crippen LogP contribution < -0.4 is 10.1 Å². The number of para-hydroxylation sites is 1. The second-order valence-electron chi connectivity index (χ2n) is 5.08. The van der Waals surface area contributed by atoms with Gasteiger partial charge in [0.25, 0.3) is 11.8 Å². The standard InChI is InChI=1S/C15H18Cl2N2O3/c1-22-12-5-3-2-4-11(12)15(21)19-8-6-10(7-9-19)18-14(20)13(16)17/h2-5,10,13H,6-9H2,1H3,(H,18,20). The van der Waals surface area contributed by atoms with Crippen molar-refractivity contribution >= 4 is 35.0 Å². The van der Waals surface area contributed by atoms with Gasteiger partial charge in [-0.2, -0.15) is 0 Å². The Hall–Kier alpha value is -1.46. The summed E-state index contributed by atoms with van der Waals surface area (Å²) in [4.78, 5) is 24.7. The molecular weight excluding hydrogens is 327 g/mol. The Morgan fingerprint density at radius 1 is 1.27 bits per heavy atom. The van der Waals surface area contributed by atoms with Crippen molar-refractivity contribution < 1.29 is 14.3 Å². The molecule has 0 atom stereocenters. The van der Waals surface area contributed by atoms with E-state index in [1.807, 2.05) is 12.1 Å². The monoisotopic (exact) mass is 344 g/mol. The lowest BCUT2D eigenvalue weighted by Crippen LogP contribution is -2.47. The smallest absolute Gasteiger partial charge is 0.257 e. The Kier molecular flexibility index (Phi) is 5.91. The summed E-state index contributed by atoms with van der Waals surface area (Å²) in [6.45, 7) is 1.13. The highest BCUT2D eigenvalue weighted by Gasteiger charge is 2.26. The number of methoxy groups -OCH3 is 1. The van der Waals surface area contributed by atoms with Crippen LogP contribution in [0.4, 0.5) is 0 Å². The molecule has 5 nitrogen and oxygen atoms in total. The van der Waals surface area contributed by atoms with Gasteiger partial charge in [-0.1, -0.05) is 35.3 Å². The van der Waals surface area contributed by atoms with Gasteiger partial charge in [-0.15, -0.1) is 0 Å². The number of hydrogen-bond acceptors (Lipinski definition) is 3. The first-order valence-electron chi connectivity index (χ1n) is 7.03.